The Kier molecular flexibility index (Phi) is 0.545. The molecule has 2 rings (SSSR count). The Hall–Kier alpha value is -1.18. The van der Waals surface area contributed by atoms with Crippen LogP contribution in [-0.4, -0.2) is 4.98 Å². The lowest BCUT2D eigenvalue weighted by Crippen LogP contribution is -1.51. The third kappa shape index (κ3) is 0.320. The number of hydrogen-bond donors (Lipinski definition) is 1. The largest absolute Gasteiger partial charge is 0.450 e. The summed E-state index contributed by atoms with van der Waals surface area (Å²) in [5.74, 6) is 0. The van der Waals surface area contributed by atoms with Gasteiger partial charge in [0.2, 0.25) is 0 Å². The first kappa shape index (κ1) is 3.78. The molecular weight excluding hydrogens is 102 g/mol. The van der Waals surface area contributed by atoms with Crippen molar-refractivity contribution in [2.24, 2.45) is 0 Å². The van der Waals surface area contributed by atoms with Crippen molar-refractivity contribution in [2.75, 3.05) is 0 Å². The van der Waals surface area contributed by atoms with Crippen LogP contribution in [0, 0.1) is 12.3 Å². The average Bonchev–Trinajstić information content (AvgIpc) is 2.15. The van der Waals surface area contributed by atoms with Gasteiger partial charge in [0.25, 0.3) is 0 Å². The lowest BCUT2D eigenvalue weighted by atomic mass is 10.5. The van der Waals surface area contributed by atoms with Crippen LogP contribution in [0.15, 0.2) is 16.7 Å². The van der Waals surface area contributed by atoms with E-state index in [1.807, 2.05) is 6.07 Å². The molecule has 38 valence electrons. The van der Waals surface area contributed by atoms with E-state index in [2.05, 4.69) is 17.3 Å². The summed E-state index contributed by atoms with van der Waals surface area (Å²) in [6.45, 7) is 0. The molecule has 0 saturated carbocycles. The minimum atomic E-state index is 0.810. The predicted octanol–water partition coefficient (Wildman–Crippen LogP) is 1.36. The lowest BCUT2D eigenvalue weighted by Gasteiger charge is -1.65. The zero-order valence-corrected chi connectivity index (χ0v) is 4.06. The molecule has 0 atom stereocenters. The number of nitrogens with one attached hydrogen (secondary N) is 1. The van der Waals surface area contributed by atoms with Crippen molar-refractivity contribution >= 4 is 11.1 Å². The van der Waals surface area contributed by atoms with Crippen LogP contribution in [0.25, 0.3) is 11.1 Å². The number of fused-ring (bicyclic) bond motifs is 1. The molecule has 2 aromatic rings. The fourth-order valence-electron chi connectivity index (χ4n) is 0.669. The highest BCUT2D eigenvalue weighted by Gasteiger charge is 1.93. The quantitative estimate of drug-likeness (QED) is 0.538. The van der Waals surface area contributed by atoms with Crippen molar-refractivity contribution < 1.29 is 4.42 Å². The highest BCUT2D eigenvalue weighted by molar-refractivity contribution is 5.71. The number of H-pyrrole nitrogens is 1. The molecule has 8 heavy (non-hydrogen) atoms. The third-order valence-corrected chi connectivity index (χ3v) is 1.05. The lowest BCUT2D eigenvalue weighted by molar-refractivity contribution is 0.606. The SMILES string of the molecule is [c]1[c]c2[nH]ccc2o1. The molecule has 0 aliphatic rings. The molecule has 0 aliphatic heterocycles. The Bertz CT molecular complexity index is 230. The zero-order valence-electron chi connectivity index (χ0n) is 4.06. The molecule has 0 bridgehead atoms. The van der Waals surface area contributed by atoms with Crippen LogP contribution in [-0.2, 0) is 0 Å². The topological polar surface area (TPSA) is 28.9 Å². The first-order chi connectivity index (χ1) is 3.97. The third-order valence-electron chi connectivity index (χ3n) is 1.05. The minimum absolute atomic E-state index is 0.810. The van der Waals surface area contributed by atoms with E-state index in [0.29, 0.717) is 0 Å². The Morgan fingerprint density at radius 2 is 2.62 bits per heavy atom. The summed E-state index contributed by atoms with van der Waals surface area (Å²) in [5, 5.41) is 0. The molecular formula is C6H3NO. The maximum Gasteiger partial charge on any atom is 0.181 e. The number of rotatable bonds is 0. The molecule has 2 aromatic heterocycles. The molecule has 0 saturated heterocycles. The number of furan rings is 1. The van der Waals surface area contributed by atoms with Gasteiger partial charge in [0.15, 0.2) is 11.8 Å². The van der Waals surface area contributed by atoms with Gasteiger partial charge in [-0.3, -0.25) is 0 Å². The predicted molar refractivity (Wildman–Crippen MR) is 28.2 cm³/mol. The second-order valence-corrected chi connectivity index (χ2v) is 1.55. The number of aromatic amines is 1. The Morgan fingerprint density at radius 3 is 3.50 bits per heavy atom. The van der Waals surface area contributed by atoms with Crippen LogP contribution < -0.4 is 0 Å². The molecule has 0 spiro atoms. The molecule has 0 amide bonds. The van der Waals surface area contributed by atoms with Gasteiger partial charge in [0.1, 0.15) is 0 Å². The summed E-state index contributed by atoms with van der Waals surface area (Å²) in [6, 6.07) is 4.59. The molecule has 2 heteroatoms. The van der Waals surface area contributed by atoms with Gasteiger partial charge >= 0.3 is 0 Å². The van der Waals surface area contributed by atoms with E-state index in [0.717, 1.165) is 11.1 Å². The van der Waals surface area contributed by atoms with Crippen LogP contribution in [0.1, 0.15) is 0 Å². The molecule has 0 unspecified atom stereocenters. The van der Waals surface area contributed by atoms with Gasteiger partial charge in [-0.15, -0.1) is 0 Å². The van der Waals surface area contributed by atoms with Crippen LogP contribution >= 0.6 is 0 Å². The van der Waals surface area contributed by atoms with Gasteiger partial charge in [0, 0.05) is 6.20 Å². The summed E-state index contributed by atoms with van der Waals surface area (Å²) in [5.41, 5.74) is 1.69. The smallest absolute Gasteiger partial charge is 0.181 e. The second kappa shape index (κ2) is 1.15. The van der Waals surface area contributed by atoms with Gasteiger partial charge in [-0.25, -0.2) is 0 Å². The van der Waals surface area contributed by atoms with Gasteiger partial charge < -0.3 is 9.40 Å². The standard InChI is InChI=1S/C6H3NO/c1-3-7-5-2-4-8-6(1)5/h1,3,7H. The van der Waals surface area contributed by atoms with Crippen molar-refractivity contribution in [1.82, 2.24) is 4.98 Å². The average molecular weight is 105 g/mol. The van der Waals surface area contributed by atoms with Crippen LogP contribution in [0.4, 0.5) is 0 Å². The second-order valence-electron chi connectivity index (χ2n) is 1.55. The van der Waals surface area contributed by atoms with Crippen molar-refractivity contribution in [3.05, 3.63) is 24.6 Å². The van der Waals surface area contributed by atoms with Crippen molar-refractivity contribution in [1.29, 1.82) is 0 Å². The van der Waals surface area contributed by atoms with E-state index in [-0.39, 0.29) is 0 Å². The van der Waals surface area contributed by atoms with Crippen molar-refractivity contribution in [3.8, 4) is 0 Å². The molecule has 1 N–H and O–H groups in total. The summed E-state index contributed by atoms with van der Waals surface area (Å²) >= 11 is 0. The summed E-state index contributed by atoms with van der Waals surface area (Å²) in [7, 11) is 0. The highest BCUT2D eigenvalue weighted by Crippen LogP contribution is 2.09. The Labute approximate surface area is 46.1 Å². The van der Waals surface area contributed by atoms with Crippen LogP contribution in [0.3, 0.4) is 0 Å². The minimum Gasteiger partial charge on any atom is -0.450 e. The van der Waals surface area contributed by atoms with Crippen molar-refractivity contribution in [2.45, 2.75) is 0 Å². The van der Waals surface area contributed by atoms with E-state index in [9.17, 15) is 0 Å². The van der Waals surface area contributed by atoms with E-state index in [4.69, 9.17) is 4.42 Å². The molecule has 2 radical (unpaired) electrons. The van der Waals surface area contributed by atoms with E-state index < -0.39 is 0 Å². The Morgan fingerprint density at radius 1 is 1.62 bits per heavy atom. The van der Waals surface area contributed by atoms with Gasteiger partial charge in [-0.1, -0.05) is 0 Å². The summed E-state index contributed by atoms with van der Waals surface area (Å²) in [6.07, 6.45) is 4.29. The fourth-order valence-corrected chi connectivity index (χ4v) is 0.669. The monoisotopic (exact) mass is 105 g/mol. The molecule has 2 heterocycles. The number of aromatic nitrogens is 1. The van der Waals surface area contributed by atoms with Crippen LogP contribution in [0.5, 0.6) is 0 Å². The normalized spacial score (nSPS) is 10.5. The first-order valence-electron chi connectivity index (χ1n) is 2.32. The fraction of sp³-hybridized carbons (Fsp3) is 0. The number of hydrogen-bond acceptors (Lipinski definition) is 1. The summed E-state index contributed by atoms with van der Waals surface area (Å²) < 4.78 is 4.85. The first-order valence-corrected chi connectivity index (χ1v) is 2.32. The zero-order chi connectivity index (χ0) is 5.40. The molecule has 0 aromatic carbocycles. The molecule has 0 aliphatic carbocycles. The molecule has 2 nitrogen and oxygen atoms in total. The summed E-state index contributed by atoms with van der Waals surface area (Å²) in [4.78, 5) is 2.92. The highest BCUT2D eigenvalue weighted by atomic mass is 16.3. The van der Waals surface area contributed by atoms with E-state index >= 15 is 0 Å². The maximum absolute atomic E-state index is 4.85. The van der Waals surface area contributed by atoms with Gasteiger partial charge in [-0.2, -0.15) is 0 Å². The van der Waals surface area contributed by atoms with Gasteiger partial charge in [0.05, 0.1) is 11.6 Å². The molecule has 0 fully saturated rings. The van der Waals surface area contributed by atoms with Gasteiger partial charge in [-0.05, 0) is 6.07 Å². The van der Waals surface area contributed by atoms with Crippen molar-refractivity contribution in [3.63, 3.8) is 0 Å². The van der Waals surface area contributed by atoms with E-state index in [1.165, 1.54) is 0 Å². The van der Waals surface area contributed by atoms with E-state index in [1.54, 1.807) is 6.20 Å². The maximum atomic E-state index is 4.85. The Balaban J connectivity index is 3.06. The van der Waals surface area contributed by atoms with Crippen LogP contribution in [0.2, 0.25) is 0 Å².